The molecule has 21 heavy (non-hydrogen) atoms. The van der Waals surface area contributed by atoms with Crippen molar-refractivity contribution >= 4 is 5.97 Å². The maximum absolute atomic E-state index is 12.0. The zero-order valence-corrected chi connectivity index (χ0v) is 12.3. The normalized spacial score (nSPS) is 12.1. The van der Waals surface area contributed by atoms with E-state index >= 15 is 0 Å². The summed E-state index contributed by atoms with van der Waals surface area (Å²) in [7, 11) is 1.62. The summed E-state index contributed by atoms with van der Waals surface area (Å²) in [5, 5.41) is 8.00. The zero-order chi connectivity index (χ0) is 15.2. The van der Waals surface area contributed by atoms with Gasteiger partial charge in [-0.25, -0.2) is 9.48 Å². The average Bonchev–Trinajstić information content (AvgIpc) is 2.92. The number of hydrogen-bond acceptors (Lipinski definition) is 6. The molecule has 0 spiro atoms. The molecular formula is C14H18N4O3. The van der Waals surface area contributed by atoms with E-state index in [1.165, 1.54) is 0 Å². The summed E-state index contributed by atoms with van der Waals surface area (Å²) in [6.45, 7) is 4.43. The van der Waals surface area contributed by atoms with Gasteiger partial charge >= 0.3 is 5.97 Å². The van der Waals surface area contributed by atoms with Gasteiger partial charge in [0, 0.05) is 25.1 Å². The predicted octanol–water partition coefficient (Wildman–Crippen LogP) is 1.55. The smallest absolute Gasteiger partial charge is 0.361 e. The summed E-state index contributed by atoms with van der Waals surface area (Å²) in [6.07, 6.45) is 3.27. The third-order valence-corrected chi connectivity index (χ3v) is 2.97. The van der Waals surface area contributed by atoms with Crippen LogP contribution in [0.3, 0.4) is 0 Å². The minimum atomic E-state index is -0.493. The number of aromatic nitrogens is 4. The second-order valence-electron chi connectivity index (χ2n) is 4.48. The molecule has 2 heterocycles. The molecule has 1 atom stereocenters. The molecule has 0 saturated heterocycles. The van der Waals surface area contributed by atoms with Gasteiger partial charge in [-0.2, -0.15) is 0 Å². The van der Waals surface area contributed by atoms with Crippen molar-refractivity contribution in [1.29, 1.82) is 0 Å². The second kappa shape index (κ2) is 6.94. The Morgan fingerprint density at radius 3 is 2.90 bits per heavy atom. The van der Waals surface area contributed by atoms with Gasteiger partial charge in [-0.3, -0.25) is 4.98 Å². The van der Waals surface area contributed by atoms with E-state index in [-0.39, 0.29) is 18.4 Å². The quantitative estimate of drug-likeness (QED) is 0.751. The van der Waals surface area contributed by atoms with Crippen LogP contribution in [0.4, 0.5) is 0 Å². The first kappa shape index (κ1) is 15.1. The maximum atomic E-state index is 12.0. The summed E-state index contributed by atoms with van der Waals surface area (Å²) < 4.78 is 11.9. The number of ether oxygens (including phenoxy) is 2. The van der Waals surface area contributed by atoms with Crippen molar-refractivity contribution in [3.8, 4) is 11.3 Å². The van der Waals surface area contributed by atoms with E-state index in [9.17, 15) is 4.79 Å². The molecule has 1 unspecified atom stereocenters. The number of rotatable bonds is 6. The fourth-order valence-corrected chi connectivity index (χ4v) is 1.88. The number of esters is 1. The number of carbonyl (C=O) groups is 1. The van der Waals surface area contributed by atoms with Crippen molar-refractivity contribution in [3.63, 3.8) is 0 Å². The van der Waals surface area contributed by atoms with Crippen LogP contribution in [0.5, 0.6) is 0 Å². The van der Waals surface area contributed by atoms with Gasteiger partial charge in [0.2, 0.25) is 0 Å². The minimum absolute atomic E-state index is 0.0582. The molecule has 2 aromatic heterocycles. The lowest BCUT2D eigenvalue weighted by atomic mass is 10.1. The zero-order valence-electron chi connectivity index (χ0n) is 12.3. The largest absolute Gasteiger partial charge is 0.461 e. The van der Waals surface area contributed by atoms with Crippen LogP contribution in [0.15, 0.2) is 24.5 Å². The summed E-state index contributed by atoms with van der Waals surface area (Å²) >= 11 is 0. The summed E-state index contributed by atoms with van der Waals surface area (Å²) in [5.41, 5.74) is 1.53. The van der Waals surface area contributed by atoms with E-state index in [1.807, 2.05) is 13.0 Å². The van der Waals surface area contributed by atoms with Gasteiger partial charge in [0.1, 0.15) is 5.69 Å². The van der Waals surface area contributed by atoms with Crippen LogP contribution in [0, 0.1) is 0 Å². The highest BCUT2D eigenvalue weighted by atomic mass is 16.5. The fraction of sp³-hybridized carbons (Fsp3) is 0.429. The Bertz CT molecular complexity index is 598. The van der Waals surface area contributed by atoms with Crippen LogP contribution in [0.1, 0.15) is 24.3 Å². The number of hydrogen-bond donors (Lipinski definition) is 0. The van der Waals surface area contributed by atoms with Crippen molar-refractivity contribution in [3.05, 3.63) is 30.2 Å². The Labute approximate surface area is 122 Å². The van der Waals surface area contributed by atoms with Crippen molar-refractivity contribution < 1.29 is 14.3 Å². The first-order valence-corrected chi connectivity index (χ1v) is 6.71. The number of carbonyl (C=O) groups excluding carboxylic acids is 1. The molecule has 0 amide bonds. The monoisotopic (exact) mass is 290 g/mol. The van der Waals surface area contributed by atoms with E-state index in [0.29, 0.717) is 12.2 Å². The van der Waals surface area contributed by atoms with E-state index in [1.54, 1.807) is 37.2 Å². The van der Waals surface area contributed by atoms with Gasteiger partial charge in [-0.15, -0.1) is 5.10 Å². The molecule has 0 bridgehead atoms. The van der Waals surface area contributed by atoms with Crippen LogP contribution < -0.4 is 0 Å². The minimum Gasteiger partial charge on any atom is -0.461 e. The first-order valence-electron chi connectivity index (χ1n) is 6.71. The standard InChI is InChI=1S/C14H18N4O3/c1-4-21-14(19)12-13(11-6-5-7-15-8-11)18(17-16-12)9-10(2)20-3/h5-8,10H,4,9H2,1-3H3. The average molecular weight is 290 g/mol. The highest BCUT2D eigenvalue weighted by molar-refractivity contribution is 5.93. The van der Waals surface area contributed by atoms with Crippen molar-refractivity contribution in [2.45, 2.75) is 26.5 Å². The SMILES string of the molecule is CCOC(=O)c1nnn(CC(C)OC)c1-c1cccnc1. The lowest BCUT2D eigenvalue weighted by Gasteiger charge is -2.12. The predicted molar refractivity (Wildman–Crippen MR) is 75.7 cm³/mol. The maximum Gasteiger partial charge on any atom is 0.361 e. The highest BCUT2D eigenvalue weighted by Gasteiger charge is 2.23. The summed E-state index contributed by atoms with van der Waals surface area (Å²) in [4.78, 5) is 16.1. The van der Waals surface area contributed by atoms with E-state index in [4.69, 9.17) is 9.47 Å². The Hall–Kier alpha value is -2.28. The molecule has 0 aliphatic heterocycles. The molecule has 2 aromatic rings. The number of nitrogens with zero attached hydrogens (tertiary/aromatic N) is 4. The van der Waals surface area contributed by atoms with Crippen LogP contribution in [0.25, 0.3) is 11.3 Å². The molecule has 0 fully saturated rings. The summed E-state index contributed by atoms with van der Waals surface area (Å²) in [6, 6.07) is 3.64. The third-order valence-electron chi connectivity index (χ3n) is 2.97. The topological polar surface area (TPSA) is 79.1 Å². The molecule has 112 valence electrons. The van der Waals surface area contributed by atoms with Crippen LogP contribution in [-0.2, 0) is 16.0 Å². The van der Waals surface area contributed by atoms with Crippen LogP contribution >= 0.6 is 0 Å². The number of methoxy groups -OCH3 is 1. The molecule has 7 heteroatoms. The van der Waals surface area contributed by atoms with Gasteiger partial charge in [0.15, 0.2) is 5.69 Å². The number of pyridine rings is 1. The molecule has 0 aliphatic carbocycles. The van der Waals surface area contributed by atoms with E-state index in [0.717, 1.165) is 5.56 Å². The van der Waals surface area contributed by atoms with Gasteiger partial charge in [-0.05, 0) is 26.0 Å². The van der Waals surface area contributed by atoms with Crippen molar-refractivity contribution in [2.75, 3.05) is 13.7 Å². The van der Waals surface area contributed by atoms with Crippen LogP contribution in [0.2, 0.25) is 0 Å². The summed E-state index contributed by atoms with van der Waals surface area (Å²) in [5.74, 6) is -0.493. The molecule has 0 aromatic carbocycles. The lowest BCUT2D eigenvalue weighted by molar-refractivity contribution is 0.0520. The van der Waals surface area contributed by atoms with E-state index in [2.05, 4.69) is 15.3 Å². The van der Waals surface area contributed by atoms with Gasteiger partial charge in [0.25, 0.3) is 0 Å². The molecule has 2 rings (SSSR count). The Morgan fingerprint density at radius 2 is 2.29 bits per heavy atom. The fourth-order valence-electron chi connectivity index (χ4n) is 1.88. The van der Waals surface area contributed by atoms with Gasteiger partial charge in [0.05, 0.1) is 19.3 Å². The second-order valence-corrected chi connectivity index (χ2v) is 4.48. The van der Waals surface area contributed by atoms with Gasteiger partial charge in [-0.1, -0.05) is 5.21 Å². The Morgan fingerprint density at radius 1 is 1.48 bits per heavy atom. The molecule has 7 nitrogen and oxygen atoms in total. The third kappa shape index (κ3) is 3.43. The molecule has 0 radical (unpaired) electrons. The van der Waals surface area contributed by atoms with Gasteiger partial charge < -0.3 is 9.47 Å². The van der Waals surface area contributed by atoms with E-state index < -0.39 is 5.97 Å². The Balaban J connectivity index is 2.45. The van der Waals surface area contributed by atoms with Crippen molar-refractivity contribution in [2.24, 2.45) is 0 Å². The lowest BCUT2D eigenvalue weighted by Crippen LogP contribution is -2.17. The molecule has 0 N–H and O–H groups in total. The first-order chi connectivity index (χ1) is 10.2. The van der Waals surface area contributed by atoms with Crippen molar-refractivity contribution in [1.82, 2.24) is 20.0 Å². The van der Waals surface area contributed by atoms with Crippen LogP contribution in [-0.4, -0.2) is 45.8 Å². The Kier molecular flexibility index (Phi) is 4.99. The highest BCUT2D eigenvalue weighted by Crippen LogP contribution is 2.22. The molecule has 0 saturated carbocycles. The molecular weight excluding hydrogens is 272 g/mol. The molecule has 0 aliphatic rings.